The van der Waals surface area contributed by atoms with Crippen LogP contribution in [0.2, 0.25) is 0 Å². The molecule has 0 saturated heterocycles. The van der Waals surface area contributed by atoms with Gasteiger partial charge in [0.1, 0.15) is 11.4 Å². The lowest BCUT2D eigenvalue weighted by atomic mass is 10.3. The fourth-order valence-corrected chi connectivity index (χ4v) is 3.17. The lowest BCUT2D eigenvalue weighted by Gasteiger charge is -2.07. The van der Waals surface area contributed by atoms with Gasteiger partial charge in [-0.3, -0.25) is 14.6 Å². The Morgan fingerprint density at radius 1 is 1.28 bits per heavy atom. The Balaban J connectivity index is 1.70. The van der Waals surface area contributed by atoms with Crippen molar-refractivity contribution < 1.29 is 4.79 Å². The zero-order valence-electron chi connectivity index (χ0n) is 13.8. The van der Waals surface area contributed by atoms with Crippen molar-refractivity contribution in [2.75, 3.05) is 6.54 Å². The molecule has 3 aromatic rings. The van der Waals surface area contributed by atoms with Crippen LogP contribution in [0.15, 0.2) is 35.5 Å². The molecule has 0 radical (unpaired) electrons. The van der Waals surface area contributed by atoms with Crippen LogP contribution in [-0.2, 0) is 6.54 Å². The first kappa shape index (κ1) is 16.9. The van der Waals surface area contributed by atoms with E-state index < -0.39 is 0 Å². The molecule has 25 heavy (non-hydrogen) atoms. The largest absolute Gasteiger partial charge is 0.349 e. The smallest absolute Gasteiger partial charge is 0.271 e. The number of hydrogen-bond acceptors (Lipinski definition) is 7. The minimum absolute atomic E-state index is 0.226. The second-order valence-electron chi connectivity index (χ2n) is 5.27. The molecule has 3 heterocycles. The van der Waals surface area contributed by atoms with Gasteiger partial charge in [-0.05, 0) is 19.9 Å². The second-order valence-corrected chi connectivity index (χ2v) is 6.48. The highest BCUT2D eigenvalue weighted by molar-refractivity contribution is 7.15. The Morgan fingerprint density at radius 2 is 2.12 bits per heavy atom. The quantitative estimate of drug-likeness (QED) is 0.737. The van der Waals surface area contributed by atoms with E-state index in [9.17, 15) is 9.59 Å². The van der Waals surface area contributed by atoms with Gasteiger partial charge < -0.3 is 5.32 Å². The number of aryl methyl sites for hydroxylation is 2. The van der Waals surface area contributed by atoms with E-state index in [0.29, 0.717) is 5.69 Å². The zero-order valence-corrected chi connectivity index (χ0v) is 14.6. The number of amides is 1. The van der Waals surface area contributed by atoms with Crippen LogP contribution in [-0.4, -0.2) is 37.2 Å². The fraction of sp³-hybridized carbons (Fsp3) is 0.250. The van der Waals surface area contributed by atoms with Crippen molar-refractivity contribution in [3.8, 4) is 10.6 Å². The van der Waals surface area contributed by atoms with E-state index in [2.05, 4.69) is 25.4 Å². The SMILES string of the molecule is Cc1nc(C)c(-c2ccc(=O)n(CCNC(=O)c3cnccn3)n2)s1. The average Bonchev–Trinajstić information content (AvgIpc) is 2.95. The van der Waals surface area contributed by atoms with E-state index in [1.165, 1.54) is 40.7 Å². The van der Waals surface area contributed by atoms with Crippen molar-refractivity contribution in [1.82, 2.24) is 30.0 Å². The lowest BCUT2D eigenvalue weighted by molar-refractivity contribution is 0.0946. The Hall–Kier alpha value is -2.94. The lowest BCUT2D eigenvalue weighted by Crippen LogP contribution is -2.32. The van der Waals surface area contributed by atoms with Crippen LogP contribution in [0.1, 0.15) is 21.2 Å². The molecular formula is C16H16N6O2S. The molecule has 0 aromatic carbocycles. The third-order valence-corrected chi connectivity index (χ3v) is 4.50. The first-order valence-corrected chi connectivity index (χ1v) is 8.43. The molecule has 0 atom stereocenters. The number of nitrogens with one attached hydrogen (secondary N) is 1. The minimum atomic E-state index is -0.341. The van der Waals surface area contributed by atoms with Crippen LogP contribution >= 0.6 is 11.3 Å². The van der Waals surface area contributed by atoms with Crippen molar-refractivity contribution in [1.29, 1.82) is 0 Å². The van der Waals surface area contributed by atoms with Crippen LogP contribution < -0.4 is 10.9 Å². The van der Waals surface area contributed by atoms with Gasteiger partial charge >= 0.3 is 0 Å². The third-order valence-electron chi connectivity index (χ3n) is 3.41. The van der Waals surface area contributed by atoms with Gasteiger partial charge in [0, 0.05) is 25.0 Å². The summed E-state index contributed by atoms with van der Waals surface area (Å²) in [6.07, 6.45) is 4.33. The molecule has 128 valence electrons. The molecule has 0 saturated carbocycles. The van der Waals surface area contributed by atoms with Crippen molar-refractivity contribution in [2.45, 2.75) is 20.4 Å². The number of carbonyl (C=O) groups is 1. The summed E-state index contributed by atoms with van der Waals surface area (Å²) in [5, 5.41) is 8.03. The first-order valence-electron chi connectivity index (χ1n) is 7.61. The zero-order chi connectivity index (χ0) is 17.8. The molecule has 0 aliphatic rings. The molecule has 0 aliphatic heterocycles. The van der Waals surface area contributed by atoms with Crippen LogP contribution in [0.4, 0.5) is 0 Å². The fourth-order valence-electron chi connectivity index (χ4n) is 2.28. The summed E-state index contributed by atoms with van der Waals surface area (Å²) in [5.41, 5.74) is 1.59. The third kappa shape index (κ3) is 3.94. The molecule has 1 amide bonds. The molecule has 0 unspecified atom stereocenters. The Labute approximate surface area is 147 Å². The molecule has 9 heteroatoms. The van der Waals surface area contributed by atoms with Crippen LogP contribution in [0.25, 0.3) is 10.6 Å². The number of thiazole rings is 1. The van der Waals surface area contributed by atoms with Gasteiger partial charge in [0.05, 0.1) is 28.3 Å². The first-order chi connectivity index (χ1) is 12.0. The van der Waals surface area contributed by atoms with E-state index in [4.69, 9.17) is 0 Å². The number of rotatable bonds is 5. The van der Waals surface area contributed by atoms with Crippen molar-refractivity contribution in [3.05, 3.63) is 57.5 Å². The Kier molecular flexibility index (Phi) is 4.94. The van der Waals surface area contributed by atoms with E-state index in [-0.39, 0.29) is 30.2 Å². The van der Waals surface area contributed by atoms with Gasteiger partial charge in [0.15, 0.2) is 0 Å². The summed E-state index contributed by atoms with van der Waals surface area (Å²) < 4.78 is 1.33. The van der Waals surface area contributed by atoms with Crippen LogP contribution in [0.5, 0.6) is 0 Å². The predicted molar refractivity (Wildman–Crippen MR) is 93.4 cm³/mol. The van der Waals surface area contributed by atoms with Gasteiger partial charge in [0.2, 0.25) is 0 Å². The Morgan fingerprint density at radius 3 is 2.80 bits per heavy atom. The average molecular weight is 356 g/mol. The highest BCUT2D eigenvalue weighted by Crippen LogP contribution is 2.27. The predicted octanol–water partition coefficient (Wildman–Crippen LogP) is 1.20. The van der Waals surface area contributed by atoms with E-state index in [0.717, 1.165) is 15.6 Å². The highest BCUT2D eigenvalue weighted by atomic mass is 32.1. The summed E-state index contributed by atoms with van der Waals surface area (Å²) in [7, 11) is 0. The standard InChI is InChI=1S/C16H16N6O2S/c1-10-15(25-11(2)20-10)12-3-4-14(23)22(21-12)8-7-19-16(24)13-9-17-5-6-18-13/h3-6,9H,7-8H2,1-2H3,(H,19,24). The maximum Gasteiger partial charge on any atom is 0.271 e. The molecule has 0 fully saturated rings. The van der Waals surface area contributed by atoms with Crippen LogP contribution in [0.3, 0.4) is 0 Å². The normalized spacial score (nSPS) is 10.6. The maximum absolute atomic E-state index is 12.0. The van der Waals surface area contributed by atoms with Gasteiger partial charge in [-0.25, -0.2) is 14.6 Å². The maximum atomic E-state index is 12.0. The monoisotopic (exact) mass is 356 g/mol. The number of carbonyl (C=O) groups excluding carboxylic acids is 1. The number of aromatic nitrogens is 5. The van der Waals surface area contributed by atoms with E-state index in [1.54, 1.807) is 6.07 Å². The topological polar surface area (TPSA) is 103 Å². The summed E-state index contributed by atoms with van der Waals surface area (Å²) in [6.45, 7) is 4.36. The Bertz CT molecular complexity index is 951. The van der Waals surface area contributed by atoms with E-state index in [1.807, 2.05) is 13.8 Å². The van der Waals surface area contributed by atoms with Crippen molar-refractivity contribution >= 4 is 17.2 Å². The number of hydrogen-bond donors (Lipinski definition) is 1. The van der Waals surface area contributed by atoms with Gasteiger partial charge in [-0.15, -0.1) is 11.3 Å². The molecule has 3 rings (SSSR count). The van der Waals surface area contributed by atoms with Crippen molar-refractivity contribution in [3.63, 3.8) is 0 Å². The van der Waals surface area contributed by atoms with Gasteiger partial charge in [0.25, 0.3) is 11.5 Å². The second kappa shape index (κ2) is 7.31. The van der Waals surface area contributed by atoms with Crippen molar-refractivity contribution in [2.24, 2.45) is 0 Å². The summed E-state index contributed by atoms with van der Waals surface area (Å²) in [6, 6.07) is 3.16. The molecular weight excluding hydrogens is 340 g/mol. The molecule has 3 aromatic heterocycles. The molecule has 8 nitrogen and oxygen atoms in total. The number of nitrogens with zero attached hydrogens (tertiary/aromatic N) is 5. The molecule has 1 N–H and O–H groups in total. The van der Waals surface area contributed by atoms with Crippen LogP contribution in [0, 0.1) is 13.8 Å². The van der Waals surface area contributed by atoms with Gasteiger partial charge in [-0.1, -0.05) is 0 Å². The molecule has 0 spiro atoms. The minimum Gasteiger partial charge on any atom is -0.349 e. The summed E-state index contributed by atoms with van der Waals surface area (Å²) >= 11 is 1.53. The van der Waals surface area contributed by atoms with E-state index >= 15 is 0 Å². The summed E-state index contributed by atoms with van der Waals surface area (Å²) in [5.74, 6) is -0.341. The highest BCUT2D eigenvalue weighted by Gasteiger charge is 2.11. The molecule has 0 bridgehead atoms. The summed E-state index contributed by atoms with van der Waals surface area (Å²) in [4.78, 5) is 37.0. The molecule has 0 aliphatic carbocycles. The van der Waals surface area contributed by atoms with Gasteiger partial charge in [-0.2, -0.15) is 5.10 Å².